The molecule has 1 aliphatic rings. The summed E-state index contributed by atoms with van der Waals surface area (Å²) in [6.45, 7) is 1.55. The molecule has 6 heteroatoms. The summed E-state index contributed by atoms with van der Waals surface area (Å²) in [5.41, 5.74) is 5.83. The van der Waals surface area contributed by atoms with E-state index in [-0.39, 0.29) is 6.03 Å². The van der Waals surface area contributed by atoms with Gasteiger partial charge in [-0.25, -0.2) is 4.79 Å². The largest absolute Gasteiger partial charge is 0.341 e. The van der Waals surface area contributed by atoms with Gasteiger partial charge in [-0.05, 0) is 46.0 Å². The van der Waals surface area contributed by atoms with E-state index >= 15 is 0 Å². The Kier molecular flexibility index (Phi) is 4.54. The highest BCUT2D eigenvalue weighted by atomic mass is 16.2. The van der Waals surface area contributed by atoms with Gasteiger partial charge in [0, 0.05) is 13.6 Å². The molecule has 0 saturated heterocycles. The van der Waals surface area contributed by atoms with E-state index in [1.54, 1.807) is 24.1 Å². The van der Waals surface area contributed by atoms with Crippen molar-refractivity contribution in [2.45, 2.75) is 19.6 Å². The average Bonchev–Trinajstić information content (AvgIpc) is 3.08. The van der Waals surface area contributed by atoms with Gasteiger partial charge < -0.3 is 15.5 Å². The fraction of sp³-hybridized carbons (Fsp3) is 0.211. The summed E-state index contributed by atoms with van der Waals surface area (Å²) in [6, 6.07) is 13.4. The molecule has 0 aliphatic carbocycles. The number of benzene rings is 2. The minimum atomic E-state index is -0.237. The second-order valence-electron chi connectivity index (χ2n) is 5.86. The van der Waals surface area contributed by atoms with E-state index in [2.05, 4.69) is 22.9 Å². The van der Waals surface area contributed by atoms with Crippen LogP contribution in [0.4, 0.5) is 4.79 Å². The Balaban J connectivity index is 2.00. The fourth-order valence-corrected chi connectivity index (χ4v) is 3.00. The summed E-state index contributed by atoms with van der Waals surface area (Å²) >= 11 is 0. The molecule has 0 unspecified atom stereocenters. The van der Waals surface area contributed by atoms with E-state index < -0.39 is 0 Å². The predicted molar refractivity (Wildman–Crippen MR) is 92.7 cm³/mol. The molecular weight excluding hydrogens is 314 g/mol. The molecule has 0 fully saturated rings. The van der Waals surface area contributed by atoms with Gasteiger partial charge in [-0.1, -0.05) is 18.2 Å². The van der Waals surface area contributed by atoms with Crippen LogP contribution >= 0.6 is 0 Å². The molecule has 3 rings (SSSR count). The Morgan fingerprint density at radius 2 is 1.96 bits per heavy atom. The van der Waals surface area contributed by atoms with Crippen LogP contribution in [0.5, 0.6) is 0 Å². The molecule has 124 valence electrons. The highest BCUT2D eigenvalue weighted by Crippen LogP contribution is 2.34. The van der Waals surface area contributed by atoms with Crippen LogP contribution in [0.3, 0.4) is 0 Å². The lowest BCUT2D eigenvalue weighted by Crippen LogP contribution is -2.32. The summed E-state index contributed by atoms with van der Waals surface area (Å²) < 4.78 is 0. The maximum atomic E-state index is 11.4. The zero-order valence-electron chi connectivity index (χ0n) is 13.8. The molecule has 2 aromatic carbocycles. The lowest BCUT2D eigenvalue weighted by molar-refractivity contribution is 0.242. The molecule has 2 N–H and O–H groups in total. The van der Waals surface area contributed by atoms with Gasteiger partial charge in [-0.2, -0.15) is 10.5 Å². The summed E-state index contributed by atoms with van der Waals surface area (Å²) in [7, 11) is 1.57. The third-order valence-corrected chi connectivity index (χ3v) is 4.26. The zero-order valence-corrected chi connectivity index (χ0v) is 13.8. The van der Waals surface area contributed by atoms with Crippen LogP contribution in [-0.2, 0) is 19.6 Å². The van der Waals surface area contributed by atoms with Gasteiger partial charge in [0.2, 0.25) is 0 Å². The van der Waals surface area contributed by atoms with Gasteiger partial charge >= 0.3 is 6.03 Å². The Bertz CT molecular complexity index is 890. The Labute approximate surface area is 146 Å². The Hall–Kier alpha value is -3.51. The number of nitrogens with one attached hydrogen (secondary N) is 2. The van der Waals surface area contributed by atoms with Gasteiger partial charge in [0.1, 0.15) is 0 Å². The van der Waals surface area contributed by atoms with Gasteiger partial charge in [-0.15, -0.1) is 0 Å². The van der Waals surface area contributed by atoms with Crippen molar-refractivity contribution in [1.82, 2.24) is 15.5 Å². The van der Waals surface area contributed by atoms with Gasteiger partial charge in [0.25, 0.3) is 0 Å². The van der Waals surface area contributed by atoms with Crippen LogP contribution in [0, 0.1) is 22.8 Å². The van der Waals surface area contributed by atoms with E-state index in [1.165, 1.54) is 0 Å². The van der Waals surface area contributed by atoms with Crippen molar-refractivity contribution in [1.29, 1.82) is 10.5 Å². The van der Waals surface area contributed by atoms with Crippen molar-refractivity contribution in [3.8, 4) is 23.4 Å². The number of hydrogen-bond acceptors (Lipinski definition) is 4. The SMILES string of the molecule is CNC(=O)NCc1cc2c(c(-c3ccc(C#N)cc3)c1)CN(C#N)C2. The first-order valence-corrected chi connectivity index (χ1v) is 7.90. The first kappa shape index (κ1) is 16.4. The number of rotatable bonds is 3. The van der Waals surface area contributed by atoms with Crippen molar-refractivity contribution in [2.75, 3.05) is 7.05 Å². The zero-order chi connectivity index (χ0) is 17.8. The molecule has 0 saturated carbocycles. The first-order chi connectivity index (χ1) is 12.1. The van der Waals surface area contributed by atoms with Gasteiger partial charge in [0.15, 0.2) is 6.19 Å². The van der Waals surface area contributed by atoms with Crippen molar-refractivity contribution in [2.24, 2.45) is 0 Å². The summed E-state index contributed by atoms with van der Waals surface area (Å²) in [6.07, 6.45) is 2.20. The average molecular weight is 331 g/mol. The number of urea groups is 1. The lowest BCUT2D eigenvalue weighted by Gasteiger charge is -2.12. The van der Waals surface area contributed by atoms with Crippen LogP contribution in [-0.4, -0.2) is 18.0 Å². The van der Waals surface area contributed by atoms with Crippen molar-refractivity contribution < 1.29 is 4.79 Å². The number of hydrogen-bond donors (Lipinski definition) is 2. The minimum absolute atomic E-state index is 0.237. The highest BCUT2D eigenvalue weighted by molar-refractivity contribution is 5.74. The van der Waals surface area contributed by atoms with Crippen LogP contribution in [0.2, 0.25) is 0 Å². The second-order valence-corrected chi connectivity index (χ2v) is 5.86. The number of carbonyl (C=O) groups excluding carboxylic acids is 1. The molecule has 6 nitrogen and oxygen atoms in total. The quantitative estimate of drug-likeness (QED) is 0.845. The molecular formula is C19H17N5O. The number of carbonyl (C=O) groups is 1. The monoisotopic (exact) mass is 331 g/mol. The molecule has 1 aliphatic heterocycles. The minimum Gasteiger partial charge on any atom is -0.341 e. The second kappa shape index (κ2) is 6.94. The van der Waals surface area contributed by atoms with Crippen molar-refractivity contribution in [3.63, 3.8) is 0 Å². The summed E-state index contributed by atoms with van der Waals surface area (Å²) in [5.74, 6) is 0. The fourth-order valence-electron chi connectivity index (χ4n) is 3.00. The van der Waals surface area contributed by atoms with Gasteiger partial charge in [-0.3, -0.25) is 0 Å². The molecule has 2 aromatic rings. The Morgan fingerprint density at radius 1 is 1.20 bits per heavy atom. The van der Waals surface area contributed by atoms with E-state index in [0.717, 1.165) is 27.8 Å². The molecule has 2 amide bonds. The highest BCUT2D eigenvalue weighted by Gasteiger charge is 2.22. The van der Waals surface area contributed by atoms with Crippen molar-refractivity contribution >= 4 is 6.03 Å². The molecule has 0 spiro atoms. The van der Waals surface area contributed by atoms with E-state index in [9.17, 15) is 10.1 Å². The maximum Gasteiger partial charge on any atom is 0.314 e. The number of nitrogens with zero attached hydrogens (tertiary/aromatic N) is 3. The standard InChI is InChI=1S/C19H17N5O/c1-22-19(25)23-9-14-6-16-10-24(12-21)11-18(16)17(7-14)15-4-2-13(8-20)3-5-15/h2-7H,9-11H2,1H3,(H2,22,23,25). The van der Waals surface area contributed by atoms with Gasteiger partial charge in [0.05, 0.1) is 24.7 Å². The first-order valence-electron chi connectivity index (χ1n) is 7.90. The molecule has 0 bridgehead atoms. The van der Waals surface area contributed by atoms with E-state index in [1.807, 2.05) is 24.3 Å². The number of nitriles is 2. The molecule has 25 heavy (non-hydrogen) atoms. The number of fused-ring (bicyclic) bond motifs is 1. The van der Waals surface area contributed by atoms with Crippen LogP contribution < -0.4 is 10.6 Å². The molecule has 0 aromatic heterocycles. The third kappa shape index (κ3) is 3.39. The van der Waals surface area contributed by atoms with Crippen molar-refractivity contribution in [3.05, 3.63) is 58.7 Å². The topological polar surface area (TPSA) is 91.9 Å². The van der Waals surface area contributed by atoms with E-state index in [0.29, 0.717) is 25.2 Å². The Morgan fingerprint density at radius 3 is 2.60 bits per heavy atom. The van der Waals surface area contributed by atoms with Crippen LogP contribution in [0.25, 0.3) is 11.1 Å². The third-order valence-electron chi connectivity index (χ3n) is 4.26. The smallest absolute Gasteiger partial charge is 0.314 e. The van der Waals surface area contributed by atoms with E-state index in [4.69, 9.17) is 5.26 Å². The molecule has 1 heterocycles. The normalized spacial score (nSPS) is 12.0. The summed E-state index contributed by atoms with van der Waals surface area (Å²) in [4.78, 5) is 13.1. The maximum absolute atomic E-state index is 11.4. The van der Waals surface area contributed by atoms with Crippen LogP contribution in [0.15, 0.2) is 36.4 Å². The molecule has 0 radical (unpaired) electrons. The number of amides is 2. The van der Waals surface area contributed by atoms with Crippen LogP contribution in [0.1, 0.15) is 22.3 Å². The lowest BCUT2D eigenvalue weighted by atomic mass is 9.94. The molecule has 0 atom stereocenters. The summed E-state index contributed by atoms with van der Waals surface area (Å²) in [5, 5.41) is 23.5. The predicted octanol–water partition coefficient (Wildman–Crippen LogP) is 2.45.